The Bertz CT molecular complexity index is 616. The van der Waals surface area contributed by atoms with E-state index in [1.54, 1.807) is 17.9 Å². The highest BCUT2D eigenvalue weighted by Gasteiger charge is 2.41. The van der Waals surface area contributed by atoms with Gasteiger partial charge in [0.2, 0.25) is 0 Å². The zero-order chi connectivity index (χ0) is 18.9. The topological polar surface area (TPSA) is 41.3 Å². The van der Waals surface area contributed by atoms with Gasteiger partial charge in [-0.15, -0.1) is 0 Å². The lowest BCUT2D eigenvalue weighted by Crippen LogP contribution is -2.39. The molecule has 3 N–H and O–H groups in total. The highest BCUT2D eigenvalue weighted by Crippen LogP contribution is 2.37. The van der Waals surface area contributed by atoms with E-state index in [0.717, 1.165) is 31.4 Å². The van der Waals surface area contributed by atoms with Gasteiger partial charge in [0.05, 0.1) is 11.6 Å². The van der Waals surface area contributed by atoms with E-state index in [1.807, 2.05) is 6.07 Å². The van der Waals surface area contributed by atoms with Crippen LogP contribution in [-0.2, 0) is 0 Å². The normalized spacial score (nSPS) is 25.4. The minimum atomic E-state index is -4.16. The standard InChI is InChI=1S/C19H27F4N3/c1-12-16(25-15-4-2-14(24)3-5-15)6-7-17(18(12)20)26-10-8-13(9-11-26)19(21,22)23/h6-7,13-15,25H,2-5,8-11,24H2,1H3. The second-order valence-corrected chi connectivity index (χ2v) is 7.63. The average molecular weight is 373 g/mol. The third-order valence-corrected chi connectivity index (χ3v) is 5.80. The summed E-state index contributed by atoms with van der Waals surface area (Å²) in [6, 6.07) is 4.08. The number of hydrogen-bond acceptors (Lipinski definition) is 3. The number of nitrogens with zero attached hydrogens (tertiary/aromatic N) is 1. The fourth-order valence-electron chi connectivity index (χ4n) is 4.00. The van der Waals surface area contributed by atoms with Gasteiger partial charge in [0.15, 0.2) is 5.82 Å². The van der Waals surface area contributed by atoms with Gasteiger partial charge in [-0.3, -0.25) is 0 Å². The van der Waals surface area contributed by atoms with Gasteiger partial charge in [0.1, 0.15) is 0 Å². The molecule has 1 aromatic carbocycles. The van der Waals surface area contributed by atoms with Crippen molar-refractivity contribution in [1.82, 2.24) is 0 Å². The predicted octanol–water partition coefficient (Wildman–Crippen LogP) is 4.59. The average Bonchev–Trinajstić information content (AvgIpc) is 2.60. The summed E-state index contributed by atoms with van der Waals surface area (Å²) in [6.07, 6.45) is -0.258. The number of halogens is 4. The molecule has 0 aromatic heterocycles. The molecule has 3 nitrogen and oxygen atoms in total. The van der Waals surface area contributed by atoms with Gasteiger partial charge in [0.25, 0.3) is 0 Å². The molecule has 146 valence electrons. The number of rotatable bonds is 3. The number of nitrogens with one attached hydrogen (secondary N) is 1. The lowest BCUT2D eigenvalue weighted by atomic mass is 9.91. The van der Waals surface area contributed by atoms with Gasteiger partial charge in [-0.1, -0.05) is 0 Å². The molecule has 1 aromatic rings. The van der Waals surface area contributed by atoms with E-state index in [9.17, 15) is 17.6 Å². The highest BCUT2D eigenvalue weighted by molar-refractivity contribution is 5.62. The van der Waals surface area contributed by atoms with Gasteiger partial charge in [-0.2, -0.15) is 13.2 Å². The Labute approximate surface area is 151 Å². The summed E-state index contributed by atoms with van der Waals surface area (Å²) in [5, 5.41) is 3.40. The first kappa shape index (κ1) is 19.3. The minimum absolute atomic E-state index is 0.0182. The molecule has 0 atom stereocenters. The van der Waals surface area contributed by atoms with Gasteiger partial charge in [0, 0.05) is 36.4 Å². The minimum Gasteiger partial charge on any atom is -0.382 e. The monoisotopic (exact) mass is 373 g/mol. The first-order valence-electron chi connectivity index (χ1n) is 9.38. The van der Waals surface area contributed by atoms with Crippen molar-refractivity contribution in [1.29, 1.82) is 0 Å². The number of nitrogens with two attached hydrogens (primary N) is 1. The molecule has 0 amide bonds. The zero-order valence-electron chi connectivity index (χ0n) is 15.1. The van der Waals surface area contributed by atoms with Crippen molar-refractivity contribution in [2.24, 2.45) is 11.7 Å². The summed E-state index contributed by atoms with van der Waals surface area (Å²) >= 11 is 0. The van der Waals surface area contributed by atoms with Crippen molar-refractivity contribution in [2.45, 2.75) is 63.7 Å². The Morgan fingerprint density at radius 2 is 1.65 bits per heavy atom. The van der Waals surface area contributed by atoms with Crippen molar-refractivity contribution in [3.8, 4) is 0 Å². The molecule has 26 heavy (non-hydrogen) atoms. The first-order chi connectivity index (χ1) is 12.3. The lowest BCUT2D eigenvalue weighted by molar-refractivity contribution is -0.179. The third kappa shape index (κ3) is 4.24. The van der Waals surface area contributed by atoms with Crippen molar-refractivity contribution >= 4 is 11.4 Å². The summed E-state index contributed by atoms with van der Waals surface area (Å²) in [5.41, 5.74) is 7.61. The van der Waals surface area contributed by atoms with Crippen LogP contribution in [0.2, 0.25) is 0 Å². The summed E-state index contributed by atoms with van der Waals surface area (Å²) in [7, 11) is 0. The van der Waals surface area contributed by atoms with Crippen LogP contribution in [0.1, 0.15) is 44.1 Å². The van der Waals surface area contributed by atoms with Crippen LogP contribution in [-0.4, -0.2) is 31.3 Å². The summed E-state index contributed by atoms with van der Waals surface area (Å²) < 4.78 is 53.3. The molecular formula is C19H27F4N3. The Morgan fingerprint density at radius 3 is 2.23 bits per heavy atom. The van der Waals surface area contributed by atoms with Gasteiger partial charge < -0.3 is 16.0 Å². The zero-order valence-corrected chi connectivity index (χ0v) is 15.1. The van der Waals surface area contributed by atoms with Crippen LogP contribution in [0.5, 0.6) is 0 Å². The number of piperidine rings is 1. The Hall–Kier alpha value is -1.50. The molecule has 1 saturated carbocycles. The number of hydrogen-bond donors (Lipinski definition) is 2. The SMILES string of the molecule is Cc1c(NC2CCC(N)CC2)ccc(N2CCC(C(F)(F)F)CC2)c1F. The predicted molar refractivity (Wildman–Crippen MR) is 96.0 cm³/mol. The van der Waals surface area contributed by atoms with Gasteiger partial charge >= 0.3 is 6.18 Å². The third-order valence-electron chi connectivity index (χ3n) is 5.80. The molecule has 0 bridgehead atoms. The molecule has 2 fully saturated rings. The summed E-state index contributed by atoms with van der Waals surface area (Å²) in [5.74, 6) is -1.62. The van der Waals surface area contributed by atoms with Crippen LogP contribution < -0.4 is 16.0 Å². The van der Waals surface area contributed by atoms with Gasteiger partial charge in [-0.05, 0) is 57.6 Å². The van der Waals surface area contributed by atoms with Crippen molar-refractivity contribution in [3.05, 3.63) is 23.5 Å². The van der Waals surface area contributed by atoms with Crippen LogP contribution in [0.3, 0.4) is 0 Å². The largest absolute Gasteiger partial charge is 0.391 e. The van der Waals surface area contributed by atoms with Crippen LogP contribution in [0.25, 0.3) is 0 Å². The van der Waals surface area contributed by atoms with E-state index >= 15 is 0 Å². The fraction of sp³-hybridized carbons (Fsp3) is 0.684. The number of anilines is 2. The quantitative estimate of drug-likeness (QED) is 0.761. The summed E-state index contributed by atoms with van der Waals surface area (Å²) in [4.78, 5) is 1.73. The maximum atomic E-state index is 14.9. The van der Waals surface area contributed by atoms with Crippen LogP contribution in [0.4, 0.5) is 28.9 Å². The second kappa shape index (κ2) is 7.62. The maximum Gasteiger partial charge on any atom is 0.391 e. The second-order valence-electron chi connectivity index (χ2n) is 7.63. The first-order valence-corrected chi connectivity index (χ1v) is 9.38. The van der Waals surface area contributed by atoms with Crippen LogP contribution >= 0.6 is 0 Å². The molecule has 1 aliphatic heterocycles. The van der Waals surface area contributed by atoms with E-state index in [1.165, 1.54) is 0 Å². The smallest absolute Gasteiger partial charge is 0.382 e. The molecule has 0 spiro atoms. The van der Waals surface area contributed by atoms with E-state index in [2.05, 4.69) is 5.32 Å². The molecule has 3 rings (SSSR count). The Morgan fingerprint density at radius 1 is 1.04 bits per heavy atom. The van der Waals surface area contributed by atoms with E-state index in [4.69, 9.17) is 5.73 Å². The highest BCUT2D eigenvalue weighted by atomic mass is 19.4. The molecule has 0 radical (unpaired) electrons. The molecule has 1 saturated heterocycles. The summed E-state index contributed by atoms with van der Waals surface area (Å²) in [6.45, 7) is 2.18. The lowest BCUT2D eigenvalue weighted by Gasteiger charge is -2.35. The molecule has 7 heteroatoms. The van der Waals surface area contributed by atoms with Crippen LogP contribution in [0, 0.1) is 18.7 Å². The number of benzene rings is 1. The van der Waals surface area contributed by atoms with E-state index < -0.39 is 12.1 Å². The Kier molecular flexibility index (Phi) is 5.65. The molecule has 1 heterocycles. The maximum absolute atomic E-state index is 14.9. The molecule has 0 unspecified atom stereocenters. The van der Waals surface area contributed by atoms with Crippen molar-refractivity contribution in [3.63, 3.8) is 0 Å². The number of alkyl halides is 3. The van der Waals surface area contributed by atoms with Crippen LogP contribution in [0.15, 0.2) is 12.1 Å². The molecule has 2 aliphatic rings. The molecule has 1 aliphatic carbocycles. The van der Waals surface area contributed by atoms with E-state index in [-0.39, 0.29) is 37.8 Å². The van der Waals surface area contributed by atoms with E-state index in [0.29, 0.717) is 17.3 Å². The van der Waals surface area contributed by atoms with Crippen molar-refractivity contribution in [2.75, 3.05) is 23.3 Å². The van der Waals surface area contributed by atoms with Crippen molar-refractivity contribution < 1.29 is 17.6 Å². The van der Waals surface area contributed by atoms with Gasteiger partial charge in [-0.25, -0.2) is 4.39 Å². The Balaban J connectivity index is 1.66. The molecular weight excluding hydrogens is 346 g/mol. The fourth-order valence-corrected chi connectivity index (χ4v) is 4.00.